The van der Waals surface area contributed by atoms with E-state index in [0.29, 0.717) is 12.1 Å². The van der Waals surface area contributed by atoms with Gasteiger partial charge in [-0.25, -0.2) is 9.69 Å². The molecule has 0 bridgehead atoms. The first kappa shape index (κ1) is 21.0. The fourth-order valence-corrected chi connectivity index (χ4v) is 4.23. The Morgan fingerprint density at radius 2 is 1.76 bits per heavy atom. The topological polar surface area (TPSA) is 91.2 Å². The quantitative estimate of drug-likeness (QED) is 0.533. The molecule has 3 atom stereocenters. The number of amides is 5. The van der Waals surface area contributed by atoms with E-state index in [1.165, 1.54) is 4.90 Å². The van der Waals surface area contributed by atoms with Gasteiger partial charge in [-0.3, -0.25) is 19.3 Å². The minimum absolute atomic E-state index is 0.123. The summed E-state index contributed by atoms with van der Waals surface area (Å²) >= 11 is 0. The standard InChI is InChI=1S/C21H28N4O4/c1-14-6-4-5-7-17(14)25-20(28)19(27)24(21(25)29)13-23(3)12-15-8-10-16(11-9-15)18(26)22-2/h8-11,14,17H,4-7,12-13H2,1-3H3,(H,22,26)/p+1/t14-,17-/m1/s1. The largest absolute Gasteiger partial charge is 0.355 e. The monoisotopic (exact) mass is 401 g/mol. The molecule has 156 valence electrons. The first-order valence-electron chi connectivity index (χ1n) is 10.1. The van der Waals surface area contributed by atoms with Crippen LogP contribution in [0.25, 0.3) is 0 Å². The fraction of sp³-hybridized carbons (Fsp3) is 0.524. The van der Waals surface area contributed by atoms with Crippen molar-refractivity contribution in [2.45, 2.75) is 45.2 Å². The minimum atomic E-state index is -0.734. The lowest BCUT2D eigenvalue weighted by atomic mass is 9.85. The number of hydrogen-bond donors (Lipinski definition) is 2. The number of carbonyl (C=O) groups excluding carboxylic acids is 4. The Balaban J connectivity index is 1.64. The van der Waals surface area contributed by atoms with Gasteiger partial charge in [0.2, 0.25) is 0 Å². The van der Waals surface area contributed by atoms with Crippen LogP contribution in [0.1, 0.15) is 48.5 Å². The molecule has 2 fully saturated rings. The summed E-state index contributed by atoms with van der Waals surface area (Å²) in [5.74, 6) is -1.37. The summed E-state index contributed by atoms with van der Waals surface area (Å²) in [6.45, 7) is 2.72. The summed E-state index contributed by atoms with van der Waals surface area (Å²) in [6, 6.07) is 6.50. The van der Waals surface area contributed by atoms with Crippen molar-refractivity contribution in [1.29, 1.82) is 0 Å². The average molecular weight is 401 g/mol. The third-order valence-electron chi connectivity index (χ3n) is 5.86. The maximum atomic E-state index is 12.9. The molecule has 1 saturated heterocycles. The molecule has 1 heterocycles. The SMILES string of the molecule is CNC(=O)c1ccc(C[NH+](C)CN2C(=O)C(=O)N([C@@H]3CCCC[C@H]3C)C2=O)cc1. The molecule has 2 aliphatic rings. The van der Waals surface area contributed by atoms with Gasteiger partial charge >= 0.3 is 17.8 Å². The van der Waals surface area contributed by atoms with Crippen LogP contribution in [-0.2, 0) is 16.1 Å². The molecule has 3 rings (SSSR count). The van der Waals surface area contributed by atoms with Crippen LogP contribution in [-0.4, -0.2) is 60.4 Å². The highest BCUT2D eigenvalue weighted by Gasteiger charge is 2.50. The predicted molar refractivity (Wildman–Crippen MR) is 106 cm³/mol. The Kier molecular flexibility index (Phi) is 6.32. The van der Waals surface area contributed by atoms with Crippen molar-refractivity contribution in [2.24, 2.45) is 5.92 Å². The maximum Gasteiger partial charge on any atom is 0.338 e. The Morgan fingerprint density at radius 3 is 2.38 bits per heavy atom. The molecule has 1 aliphatic carbocycles. The van der Waals surface area contributed by atoms with Crippen molar-refractivity contribution in [2.75, 3.05) is 20.8 Å². The van der Waals surface area contributed by atoms with Crippen LogP contribution in [0.4, 0.5) is 4.79 Å². The number of rotatable bonds is 6. The van der Waals surface area contributed by atoms with Crippen LogP contribution in [0.15, 0.2) is 24.3 Å². The molecule has 1 aromatic carbocycles. The van der Waals surface area contributed by atoms with E-state index in [0.717, 1.165) is 41.0 Å². The van der Waals surface area contributed by atoms with Crippen LogP contribution in [0, 0.1) is 5.92 Å². The number of nitrogens with zero attached hydrogens (tertiary/aromatic N) is 2. The molecular weight excluding hydrogens is 372 g/mol. The number of hydrogen-bond acceptors (Lipinski definition) is 4. The van der Waals surface area contributed by atoms with E-state index in [4.69, 9.17) is 0 Å². The molecule has 1 saturated carbocycles. The molecule has 1 aromatic rings. The van der Waals surface area contributed by atoms with Crippen molar-refractivity contribution >= 4 is 23.8 Å². The van der Waals surface area contributed by atoms with Gasteiger partial charge in [-0.2, -0.15) is 0 Å². The van der Waals surface area contributed by atoms with Crippen LogP contribution in [0.3, 0.4) is 0 Å². The number of imide groups is 2. The van der Waals surface area contributed by atoms with E-state index in [1.54, 1.807) is 19.2 Å². The second-order valence-electron chi connectivity index (χ2n) is 8.09. The zero-order valence-corrected chi connectivity index (χ0v) is 17.2. The first-order valence-corrected chi connectivity index (χ1v) is 10.1. The van der Waals surface area contributed by atoms with Crippen molar-refractivity contribution < 1.29 is 24.1 Å². The molecule has 1 unspecified atom stereocenters. The molecule has 1 aliphatic heterocycles. The second-order valence-corrected chi connectivity index (χ2v) is 8.09. The predicted octanol–water partition coefficient (Wildman–Crippen LogP) is 0.388. The van der Waals surface area contributed by atoms with Crippen LogP contribution < -0.4 is 10.2 Å². The lowest BCUT2D eigenvalue weighted by Gasteiger charge is -2.34. The second kappa shape index (κ2) is 8.73. The van der Waals surface area contributed by atoms with Gasteiger partial charge in [0.25, 0.3) is 5.91 Å². The van der Waals surface area contributed by atoms with Gasteiger partial charge in [0.1, 0.15) is 6.54 Å². The molecule has 0 spiro atoms. The molecular formula is C21H29N4O4+. The minimum Gasteiger partial charge on any atom is -0.355 e. The van der Waals surface area contributed by atoms with Crippen molar-refractivity contribution in [3.63, 3.8) is 0 Å². The molecule has 8 heteroatoms. The molecule has 29 heavy (non-hydrogen) atoms. The third-order valence-corrected chi connectivity index (χ3v) is 5.86. The average Bonchev–Trinajstić information content (AvgIpc) is 2.92. The summed E-state index contributed by atoms with van der Waals surface area (Å²) in [5, 5.41) is 2.58. The fourth-order valence-electron chi connectivity index (χ4n) is 4.23. The Bertz CT molecular complexity index is 807. The van der Waals surface area contributed by atoms with Crippen LogP contribution in [0.2, 0.25) is 0 Å². The molecule has 8 nitrogen and oxygen atoms in total. The highest BCUT2D eigenvalue weighted by Crippen LogP contribution is 2.30. The van der Waals surface area contributed by atoms with Gasteiger partial charge < -0.3 is 10.2 Å². The van der Waals surface area contributed by atoms with Crippen molar-refractivity contribution in [3.05, 3.63) is 35.4 Å². The van der Waals surface area contributed by atoms with Gasteiger partial charge in [0.05, 0.1) is 7.05 Å². The molecule has 0 radical (unpaired) electrons. The zero-order chi connectivity index (χ0) is 21.1. The highest BCUT2D eigenvalue weighted by atomic mass is 16.2. The zero-order valence-electron chi connectivity index (χ0n) is 17.2. The molecule has 2 N–H and O–H groups in total. The summed E-state index contributed by atoms with van der Waals surface area (Å²) in [6.07, 6.45) is 3.79. The van der Waals surface area contributed by atoms with Gasteiger partial charge in [-0.15, -0.1) is 0 Å². The highest BCUT2D eigenvalue weighted by molar-refractivity contribution is 6.44. The van der Waals surface area contributed by atoms with E-state index in [9.17, 15) is 19.2 Å². The Morgan fingerprint density at radius 1 is 1.10 bits per heavy atom. The van der Waals surface area contributed by atoms with Crippen molar-refractivity contribution in [3.8, 4) is 0 Å². The summed E-state index contributed by atoms with van der Waals surface area (Å²) in [5.41, 5.74) is 1.54. The lowest BCUT2D eigenvalue weighted by molar-refractivity contribution is -0.901. The first-order chi connectivity index (χ1) is 13.8. The van der Waals surface area contributed by atoms with Crippen LogP contribution in [0.5, 0.6) is 0 Å². The Labute approximate surface area is 170 Å². The smallest absolute Gasteiger partial charge is 0.338 e. The molecule has 5 amide bonds. The third kappa shape index (κ3) is 4.32. The summed E-state index contributed by atoms with van der Waals surface area (Å²) in [4.78, 5) is 52.6. The van der Waals surface area contributed by atoms with Crippen molar-refractivity contribution in [1.82, 2.24) is 15.1 Å². The number of quaternary nitrogens is 1. The summed E-state index contributed by atoms with van der Waals surface area (Å²) < 4.78 is 0. The maximum absolute atomic E-state index is 12.9. The van der Waals surface area contributed by atoms with E-state index in [2.05, 4.69) is 5.32 Å². The van der Waals surface area contributed by atoms with E-state index >= 15 is 0 Å². The Hall–Kier alpha value is -2.74. The number of nitrogens with one attached hydrogen (secondary N) is 2. The van der Waals surface area contributed by atoms with Gasteiger partial charge in [0, 0.05) is 24.2 Å². The van der Waals surface area contributed by atoms with Gasteiger partial charge in [0.15, 0.2) is 6.67 Å². The number of urea groups is 1. The number of carbonyl (C=O) groups is 4. The normalized spacial score (nSPS) is 23.5. The lowest BCUT2D eigenvalue weighted by Crippen LogP contribution is -3.09. The van der Waals surface area contributed by atoms with Crippen LogP contribution >= 0.6 is 0 Å². The van der Waals surface area contributed by atoms with E-state index in [1.807, 2.05) is 26.1 Å². The van der Waals surface area contributed by atoms with Gasteiger partial charge in [-0.1, -0.05) is 31.9 Å². The summed E-state index contributed by atoms with van der Waals surface area (Å²) in [7, 11) is 3.44. The van der Waals surface area contributed by atoms with E-state index < -0.39 is 17.8 Å². The van der Waals surface area contributed by atoms with E-state index in [-0.39, 0.29) is 24.5 Å². The molecule has 0 aromatic heterocycles. The number of benzene rings is 1. The van der Waals surface area contributed by atoms with Gasteiger partial charge in [-0.05, 0) is 30.9 Å².